The maximum Gasteiger partial charge on any atom is 0.133 e. The summed E-state index contributed by atoms with van der Waals surface area (Å²) in [5.74, 6) is 0.879. The van der Waals surface area contributed by atoms with Gasteiger partial charge in [-0.1, -0.05) is 19.1 Å². The van der Waals surface area contributed by atoms with Crippen LogP contribution in [0.3, 0.4) is 0 Å². The van der Waals surface area contributed by atoms with E-state index in [4.69, 9.17) is 9.47 Å². The first-order valence-corrected chi connectivity index (χ1v) is 6.80. The molecular formula is C13H18BrNO2. The Morgan fingerprint density at radius 1 is 1.47 bits per heavy atom. The van der Waals surface area contributed by atoms with Crippen molar-refractivity contribution in [2.24, 2.45) is 0 Å². The zero-order valence-electron chi connectivity index (χ0n) is 10.1. The fourth-order valence-corrected chi connectivity index (χ4v) is 2.31. The van der Waals surface area contributed by atoms with Gasteiger partial charge in [-0.25, -0.2) is 0 Å². The van der Waals surface area contributed by atoms with E-state index in [0.29, 0.717) is 6.61 Å². The van der Waals surface area contributed by atoms with Gasteiger partial charge in [0.05, 0.1) is 11.1 Å². The van der Waals surface area contributed by atoms with Crippen molar-refractivity contribution in [3.05, 3.63) is 28.7 Å². The van der Waals surface area contributed by atoms with Gasteiger partial charge in [0, 0.05) is 13.1 Å². The molecule has 0 saturated carbocycles. The fourth-order valence-electron chi connectivity index (χ4n) is 1.91. The minimum absolute atomic E-state index is 0.177. The zero-order chi connectivity index (χ0) is 12.1. The van der Waals surface area contributed by atoms with Crippen LogP contribution in [0.1, 0.15) is 6.92 Å². The summed E-state index contributed by atoms with van der Waals surface area (Å²) in [6.07, 6.45) is 0.177. The highest BCUT2D eigenvalue weighted by molar-refractivity contribution is 9.10. The topological polar surface area (TPSA) is 21.7 Å². The predicted octanol–water partition coefficient (Wildman–Crippen LogP) is 2.55. The predicted molar refractivity (Wildman–Crippen MR) is 71.5 cm³/mol. The lowest BCUT2D eigenvalue weighted by Gasteiger charge is -2.31. The van der Waals surface area contributed by atoms with Crippen LogP contribution in [-0.4, -0.2) is 43.9 Å². The summed E-state index contributed by atoms with van der Waals surface area (Å²) >= 11 is 3.47. The molecule has 0 spiro atoms. The molecule has 17 heavy (non-hydrogen) atoms. The van der Waals surface area contributed by atoms with E-state index in [-0.39, 0.29) is 6.10 Å². The third-order valence-corrected chi connectivity index (χ3v) is 3.59. The summed E-state index contributed by atoms with van der Waals surface area (Å²) in [7, 11) is 0. The number of hydrogen-bond donors (Lipinski definition) is 0. The normalized spacial score (nSPS) is 21.4. The molecule has 1 aromatic rings. The third-order valence-electron chi connectivity index (χ3n) is 2.93. The molecule has 0 aliphatic carbocycles. The Morgan fingerprint density at radius 2 is 2.29 bits per heavy atom. The number of rotatable bonds is 4. The van der Waals surface area contributed by atoms with Crippen LogP contribution >= 0.6 is 15.9 Å². The van der Waals surface area contributed by atoms with Gasteiger partial charge in [-0.2, -0.15) is 0 Å². The van der Waals surface area contributed by atoms with Crippen molar-refractivity contribution in [3.63, 3.8) is 0 Å². The molecule has 0 radical (unpaired) electrons. The second-order valence-electron chi connectivity index (χ2n) is 4.13. The van der Waals surface area contributed by atoms with Gasteiger partial charge in [0.15, 0.2) is 0 Å². The summed E-state index contributed by atoms with van der Waals surface area (Å²) in [6.45, 7) is 6.66. The molecule has 1 fully saturated rings. The molecule has 1 aliphatic rings. The molecule has 1 aromatic carbocycles. The fraction of sp³-hybridized carbons (Fsp3) is 0.538. The molecule has 1 aliphatic heterocycles. The average Bonchev–Trinajstić information content (AvgIpc) is 2.38. The Hall–Kier alpha value is -0.580. The first-order valence-electron chi connectivity index (χ1n) is 6.01. The SMILES string of the molecule is CCN1CCO[C@H](COc2ccccc2Br)C1. The Labute approximate surface area is 111 Å². The summed E-state index contributed by atoms with van der Waals surface area (Å²) in [4.78, 5) is 2.39. The highest BCUT2D eigenvalue weighted by Gasteiger charge is 2.19. The van der Waals surface area contributed by atoms with E-state index in [0.717, 1.165) is 36.5 Å². The van der Waals surface area contributed by atoms with Crippen LogP contribution in [0, 0.1) is 0 Å². The van der Waals surface area contributed by atoms with Crippen LogP contribution in [0.25, 0.3) is 0 Å². The smallest absolute Gasteiger partial charge is 0.133 e. The van der Waals surface area contributed by atoms with E-state index in [1.165, 1.54) is 0 Å². The van der Waals surface area contributed by atoms with Crippen LogP contribution in [0.5, 0.6) is 5.75 Å². The van der Waals surface area contributed by atoms with Crippen molar-refractivity contribution in [1.82, 2.24) is 4.90 Å². The van der Waals surface area contributed by atoms with Crippen LogP contribution in [-0.2, 0) is 4.74 Å². The molecule has 0 unspecified atom stereocenters. The Balaban J connectivity index is 1.84. The molecule has 4 heteroatoms. The summed E-state index contributed by atoms with van der Waals surface area (Å²) in [5.41, 5.74) is 0. The van der Waals surface area contributed by atoms with Crippen molar-refractivity contribution in [3.8, 4) is 5.75 Å². The largest absolute Gasteiger partial charge is 0.490 e. The first-order chi connectivity index (χ1) is 8.29. The van der Waals surface area contributed by atoms with Gasteiger partial charge < -0.3 is 9.47 Å². The van der Waals surface area contributed by atoms with E-state index in [2.05, 4.69) is 27.8 Å². The molecule has 94 valence electrons. The molecule has 1 saturated heterocycles. The molecule has 0 N–H and O–H groups in total. The molecular weight excluding hydrogens is 282 g/mol. The number of hydrogen-bond acceptors (Lipinski definition) is 3. The molecule has 1 heterocycles. The number of likely N-dealkylation sites (N-methyl/N-ethyl adjacent to an activating group) is 1. The molecule has 2 rings (SSSR count). The van der Waals surface area contributed by atoms with Crippen LogP contribution in [0.15, 0.2) is 28.7 Å². The zero-order valence-corrected chi connectivity index (χ0v) is 11.6. The lowest BCUT2D eigenvalue weighted by atomic mass is 10.3. The maximum absolute atomic E-state index is 5.77. The van der Waals surface area contributed by atoms with E-state index < -0.39 is 0 Å². The number of para-hydroxylation sites is 1. The standard InChI is InChI=1S/C13H18BrNO2/c1-2-15-7-8-16-11(9-15)10-17-13-6-4-3-5-12(13)14/h3-6,11H,2,7-10H2,1H3/t11-/m0/s1. The Kier molecular flexibility index (Phi) is 4.83. The van der Waals surface area contributed by atoms with Crippen molar-refractivity contribution in [2.45, 2.75) is 13.0 Å². The molecule has 3 nitrogen and oxygen atoms in total. The van der Waals surface area contributed by atoms with Crippen molar-refractivity contribution in [1.29, 1.82) is 0 Å². The average molecular weight is 300 g/mol. The highest BCUT2D eigenvalue weighted by Crippen LogP contribution is 2.24. The monoisotopic (exact) mass is 299 g/mol. The van der Waals surface area contributed by atoms with Gasteiger partial charge in [-0.3, -0.25) is 4.90 Å². The van der Waals surface area contributed by atoms with Crippen LogP contribution in [0.2, 0.25) is 0 Å². The van der Waals surface area contributed by atoms with E-state index >= 15 is 0 Å². The Morgan fingerprint density at radius 3 is 3.06 bits per heavy atom. The van der Waals surface area contributed by atoms with E-state index in [1.807, 2.05) is 24.3 Å². The summed E-state index contributed by atoms with van der Waals surface area (Å²) in [6, 6.07) is 7.90. The van der Waals surface area contributed by atoms with Crippen molar-refractivity contribution in [2.75, 3.05) is 32.8 Å². The summed E-state index contributed by atoms with van der Waals surface area (Å²) in [5, 5.41) is 0. The lowest BCUT2D eigenvalue weighted by molar-refractivity contribution is -0.0465. The quantitative estimate of drug-likeness (QED) is 0.853. The number of ether oxygens (including phenoxy) is 2. The van der Waals surface area contributed by atoms with Gasteiger partial charge in [-0.15, -0.1) is 0 Å². The second-order valence-corrected chi connectivity index (χ2v) is 4.98. The van der Waals surface area contributed by atoms with Crippen LogP contribution < -0.4 is 4.74 Å². The first kappa shape index (κ1) is 12.9. The Bertz CT molecular complexity index is 359. The van der Waals surface area contributed by atoms with Crippen molar-refractivity contribution >= 4 is 15.9 Å². The van der Waals surface area contributed by atoms with Gasteiger partial charge in [0.1, 0.15) is 18.5 Å². The van der Waals surface area contributed by atoms with Gasteiger partial charge in [0.2, 0.25) is 0 Å². The van der Waals surface area contributed by atoms with E-state index in [9.17, 15) is 0 Å². The van der Waals surface area contributed by atoms with Gasteiger partial charge in [0.25, 0.3) is 0 Å². The maximum atomic E-state index is 5.77. The molecule has 1 atom stereocenters. The van der Waals surface area contributed by atoms with Crippen molar-refractivity contribution < 1.29 is 9.47 Å². The number of morpholine rings is 1. The van der Waals surface area contributed by atoms with Gasteiger partial charge in [-0.05, 0) is 34.6 Å². The molecule has 0 bridgehead atoms. The molecule has 0 amide bonds. The van der Waals surface area contributed by atoms with E-state index in [1.54, 1.807) is 0 Å². The minimum atomic E-state index is 0.177. The third kappa shape index (κ3) is 3.69. The second kappa shape index (κ2) is 6.38. The highest BCUT2D eigenvalue weighted by atomic mass is 79.9. The summed E-state index contributed by atoms with van der Waals surface area (Å²) < 4.78 is 12.4. The lowest BCUT2D eigenvalue weighted by Crippen LogP contribution is -2.44. The number of nitrogens with zero attached hydrogens (tertiary/aromatic N) is 1. The number of benzene rings is 1. The van der Waals surface area contributed by atoms with Crippen LogP contribution in [0.4, 0.5) is 0 Å². The molecule has 0 aromatic heterocycles. The number of halogens is 1. The minimum Gasteiger partial charge on any atom is -0.490 e. The van der Waals surface area contributed by atoms with Gasteiger partial charge >= 0.3 is 0 Å².